The molecule has 0 aromatic carbocycles. The maximum absolute atomic E-state index is 10.7. The molecule has 7 N–H and O–H groups in total. The lowest BCUT2D eigenvalue weighted by Crippen LogP contribution is -2.40. The molecule has 14 heteroatoms. The molecule has 1 unspecified atom stereocenters. The van der Waals surface area contributed by atoms with Crippen molar-refractivity contribution in [1.82, 2.24) is 19.5 Å². The SMILES string of the molecule is [B][P+]1(O)OC[C@H]2O[C@@H](n3c(NCCN)nc4c(N)ncnc43)[C@@H](O)[C@H]2O1. The summed E-state index contributed by atoms with van der Waals surface area (Å²) in [4.78, 5) is 22.3. The van der Waals surface area contributed by atoms with Crippen LogP contribution in [0.4, 0.5) is 11.8 Å². The van der Waals surface area contributed by atoms with Gasteiger partial charge in [-0.3, -0.25) is 4.57 Å². The maximum Gasteiger partial charge on any atom is 0.488 e. The minimum absolute atomic E-state index is 0.00564. The van der Waals surface area contributed by atoms with Crippen molar-refractivity contribution in [1.29, 1.82) is 0 Å². The van der Waals surface area contributed by atoms with Gasteiger partial charge in [-0.25, -0.2) is 19.8 Å². The number of fused-ring (bicyclic) bond motifs is 2. The van der Waals surface area contributed by atoms with Crippen LogP contribution in [-0.4, -0.2) is 75.1 Å². The molecule has 0 bridgehead atoms. The van der Waals surface area contributed by atoms with Crippen LogP contribution in [0.5, 0.6) is 0 Å². The highest BCUT2D eigenvalue weighted by Crippen LogP contribution is 2.58. The number of nitrogens with two attached hydrogens (primary N) is 2. The monoisotopic (exact) mass is 382 g/mol. The Hall–Kier alpha value is -1.60. The van der Waals surface area contributed by atoms with Crippen LogP contribution in [0.15, 0.2) is 6.33 Å². The Morgan fingerprint density at radius 2 is 2.27 bits per heavy atom. The Morgan fingerprint density at radius 3 is 3.04 bits per heavy atom. The number of anilines is 2. The standard InChI is InChI=1S/C12H18BN7O5P/c13-26(22)23-3-5-8(25-26)7(21)11(24-5)20-10-6(9(15)17-4-18-10)19-12(20)16-2-1-14/h4-5,7-8,11,21-22H,1-3,14H2,(H,16,19)(H2,15,17,18)/q+1/t5-,7+,8+,11-,26?/m1/s1. The van der Waals surface area contributed by atoms with Gasteiger partial charge in [0.1, 0.15) is 25.1 Å². The van der Waals surface area contributed by atoms with Crippen molar-refractivity contribution in [3.8, 4) is 0 Å². The summed E-state index contributed by atoms with van der Waals surface area (Å²) in [5.41, 5.74) is 12.2. The summed E-state index contributed by atoms with van der Waals surface area (Å²) in [6, 6.07) is 0. The minimum Gasteiger partial charge on any atom is -0.385 e. The van der Waals surface area contributed by atoms with E-state index in [0.29, 0.717) is 30.2 Å². The summed E-state index contributed by atoms with van der Waals surface area (Å²) in [6.07, 6.45) is -2.23. The van der Waals surface area contributed by atoms with Crippen molar-refractivity contribution in [2.24, 2.45) is 5.73 Å². The van der Waals surface area contributed by atoms with Gasteiger partial charge >= 0.3 is 15.4 Å². The number of hydrogen-bond acceptors (Lipinski definition) is 11. The normalized spacial score (nSPS) is 34.1. The molecular weight excluding hydrogens is 364 g/mol. The Labute approximate surface area is 149 Å². The highest BCUT2D eigenvalue weighted by atomic mass is 31.2. The summed E-state index contributed by atoms with van der Waals surface area (Å²) in [7, 11) is 2.06. The molecule has 12 nitrogen and oxygen atoms in total. The van der Waals surface area contributed by atoms with Gasteiger partial charge in [0.05, 0.1) is 0 Å². The topological polar surface area (TPSA) is 176 Å². The Kier molecular flexibility index (Phi) is 4.47. The Bertz CT molecular complexity index is 823. The summed E-state index contributed by atoms with van der Waals surface area (Å²) >= 11 is 0. The molecule has 0 spiro atoms. The summed E-state index contributed by atoms with van der Waals surface area (Å²) in [5, 5.41) is 13.8. The average Bonchev–Trinajstić information content (AvgIpc) is 3.11. The van der Waals surface area contributed by atoms with E-state index in [2.05, 4.69) is 20.3 Å². The molecule has 0 aliphatic carbocycles. The number of aromatic nitrogens is 4. The maximum atomic E-state index is 10.7. The average molecular weight is 382 g/mol. The van der Waals surface area contributed by atoms with Crippen molar-refractivity contribution in [3.05, 3.63) is 6.33 Å². The number of nitrogens with one attached hydrogen (secondary N) is 1. The zero-order chi connectivity index (χ0) is 18.5. The molecule has 2 aliphatic rings. The molecule has 2 aromatic rings. The quantitative estimate of drug-likeness (QED) is 0.301. The lowest BCUT2D eigenvalue weighted by Gasteiger charge is -2.27. The molecule has 0 amide bonds. The second-order valence-corrected chi connectivity index (χ2v) is 7.53. The first kappa shape index (κ1) is 17.8. The van der Waals surface area contributed by atoms with Crippen LogP contribution >= 0.6 is 7.82 Å². The number of aliphatic hydroxyl groups is 1. The molecule has 4 heterocycles. The van der Waals surface area contributed by atoms with Gasteiger partial charge in [0.25, 0.3) is 0 Å². The highest BCUT2D eigenvalue weighted by Gasteiger charge is 2.57. The molecule has 2 aliphatic heterocycles. The van der Waals surface area contributed by atoms with Gasteiger partial charge in [0, 0.05) is 13.1 Å². The summed E-state index contributed by atoms with van der Waals surface area (Å²) in [6.45, 7) is 0.791. The molecule has 138 valence electrons. The van der Waals surface area contributed by atoms with Gasteiger partial charge in [-0.15, -0.1) is 0 Å². The van der Waals surface area contributed by atoms with E-state index >= 15 is 0 Å². The molecule has 26 heavy (non-hydrogen) atoms. The number of imidazole rings is 1. The fraction of sp³-hybridized carbons (Fsp3) is 0.583. The largest absolute Gasteiger partial charge is 0.488 e. The van der Waals surface area contributed by atoms with Crippen LogP contribution in [0.1, 0.15) is 6.23 Å². The van der Waals surface area contributed by atoms with E-state index in [1.165, 1.54) is 6.33 Å². The molecular formula is C12H18BN7O5P+. The van der Waals surface area contributed by atoms with Crippen LogP contribution in [-0.2, 0) is 13.8 Å². The molecule has 5 atom stereocenters. The number of nitrogen functional groups attached to an aromatic ring is 1. The predicted molar refractivity (Wildman–Crippen MR) is 92.9 cm³/mol. The first-order valence-corrected chi connectivity index (χ1v) is 9.55. The Morgan fingerprint density at radius 1 is 1.46 bits per heavy atom. The second-order valence-electron chi connectivity index (χ2n) is 5.94. The molecule has 4 rings (SSSR count). The zero-order valence-corrected chi connectivity index (χ0v) is 14.5. The number of rotatable bonds is 4. The smallest absolute Gasteiger partial charge is 0.385 e. The molecule has 2 aromatic heterocycles. The molecule has 0 saturated carbocycles. The van der Waals surface area contributed by atoms with E-state index in [9.17, 15) is 10.00 Å². The van der Waals surface area contributed by atoms with Gasteiger partial charge in [-0.05, 0) is 0 Å². The lowest BCUT2D eigenvalue weighted by atomic mass is 10.1. The van der Waals surface area contributed by atoms with E-state index in [1.54, 1.807) is 4.57 Å². The predicted octanol–water partition coefficient (Wildman–Crippen LogP) is -1.71. The van der Waals surface area contributed by atoms with Crippen LogP contribution < -0.4 is 16.8 Å². The summed E-state index contributed by atoms with van der Waals surface area (Å²) in [5.74, 6) is 0.551. The van der Waals surface area contributed by atoms with Crippen molar-refractivity contribution < 1.29 is 23.8 Å². The zero-order valence-electron chi connectivity index (χ0n) is 13.6. The van der Waals surface area contributed by atoms with Crippen molar-refractivity contribution in [2.45, 2.75) is 24.5 Å². The number of aliphatic hydroxyl groups excluding tert-OH is 1. The van der Waals surface area contributed by atoms with Gasteiger partial charge in [0.2, 0.25) is 5.95 Å². The van der Waals surface area contributed by atoms with Gasteiger partial charge < -0.3 is 26.6 Å². The van der Waals surface area contributed by atoms with E-state index in [1.807, 2.05) is 0 Å². The Balaban J connectivity index is 1.75. The van der Waals surface area contributed by atoms with Crippen molar-refractivity contribution >= 4 is 38.3 Å². The number of ether oxygens (including phenoxy) is 1. The van der Waals surface area contributed by atoms with Gasteiger partial charge in [0.15, 0.2) is 29.3 Å². The van der Waals surface area contributed by atoms with Gasteiger partial charge in [-0.1, -0.05) is 0 Å². The van der Waals surface area contributed by atoms with E-state index < -0.39 is 32.4 Å². The van der Waals surface area contributed by atoms with E-state index in [-0.39, 0.29) is 12.4 Å². The number of hydrogen-bond donors (Lipinski definition) is 5. The van der Waals surface area contributed by atoms with Crippen LogP contribution in [0.25, 0.3) is 11.2 Å². The van der Waals surface area contributed by atoms with Crippen molar-refractivity contribution in [3.63, 3.8) is 0 Å². The lowest BCUT2D eigenvalue weighted by molar-refractivity contribution is -0.0597. The van der Waals surface area contributed by atoms with Crippen LogP contribution in [0, 0.1) is 0 Å². The van der Waals surface area contributed by atoms with Crippen molar-refractivity contribution in [2.75, 3.05) is 30.7 Å². The van der Waals surface area contributed by atoms with E-state index in [0.717, 1.165) is 0 Å². The first-order valence-electron chi connectivity index (χ1n) is 7.90. The van der Waals surface area contributed by atoms with Crippen LogP contribution in [0.2, 0.25) is 0 Å². The molecule has 2 saturated heterocycles. The fourth-order valence-corrected chi connectivity index (χ4v) is 4.09. The minimum atomic E-state index is -3.48. The van der Waals surface area contributed by atoms with Crippen LogP contribution in [0.3, 0.4) is 0 Å². The number of nitrogens with zero attached hydrogens (tertiary/aromatic N) is 4. The van der Waals surface area contributed by atoms with Gasteiger partial charge in [-0.2, -0.15) is 9.05 Å². The van der Waals surface area contributed by atoms with E-state index in [4.69, 9.17) is 32.8 Å². The first-order chi connectivity index (χ1) is 12.4. The molecule has 2 radical (unpaired) electrons. The highest BCUT2D eigenvalue weighted by molar-refractivity contribution is 7.85. The third-order valence-electron chi connectivity index (χ3n) is 4.19. The summed E-state index contributed by atoms with van der Waals surface area (Å²) < 4.78 is 17.8. The molecule has 2 fully saturated rings. The second kappa shape index (κ2) is 6.53. The third kappa shape index (κ3) is 2.91. The fourth-order valence-electron chi connectivity index (χ4n) is 3.06. The third-order valence-corrected chi connectivity index (χ3v) is 5.26.